The Morgan fingerprint density at radius 1 is 1.33 bits per heavy atom. The third-order valence-electron chi connectivity index (χ3n) is 4.51. The van der Waals surface area contributed by atoms with E-state index in [4.69, 9.17) is 0 Å². The number of pyridine rings is 1. The van der Waals surface area contributed by atoms with Crippen molar-refractivity contribution in [3.63, 3.8) is 0 Å². The lowest BCUT2D eigenvalue weighted by Crippen LogP contribution is -2.33. The Hall–Kier alpha value is -1.58. The van der Waals surface area contributed by atoms with Gasteiger partial charge in [0.15, 0.2) is 0 Å². The smallest absolute Gasteiger partial charge is 0.272 e. The largest absolute Gasteiger partial charge is 0.388 e. The average molecular weight is 289 g/mol. The van der Waals surface area contributed by atoms with Gasteiger partial charge in [0.25, 0.3) is 5.91 Å². The molecule has 1 aromatic heterocycles. The van der Waals surface area contributed by atoms with E-state index in [-0.39, 0.29) is 5.91 Å². The molecule has 1 amide bonds. The molecule has 1 N–H and O–H groups in total. The summed E-state index contributed by atoms with van der Waals surface area (Å²) in [4.78, 5) is 18.8. The van der Waals surface area contributed by atoms with Crippen LogP contribution >= 0.6 is 0 Å². The lowest BCUT2D eigenvalue weighted by atomic mass is 9.77. The zero-order chi connectivity index (χ0) is 15.5. The lowest BCUT2D eigenvalue weighted by Gasteiger charge is -2.29. The van der Waals surface area contributed by atoms with Crippen LogP contribution in [-0.4, -0.2) is 35.9 Å². The van der Waals surface area contributed by atoms with E-state index in [9.17, 15) is 4.79 Å². The van der Waals surface area contributed by atoms with Crippen LogP contribution in [-0.2, 0) is 0 Å². The minimum absolute atomic E-state index is 0.0571. The Morgan fingerprint density at radius 3 is 2.76 bits per heavy atom. The molecule has 1 aliphatic heterocycles. The van der Waals surface area contributed by atoms with E-state index in [1.165, 1.54) is 6.42 Å². The van der Waals surface area contributed by atoms with Gasteiger partial charge in [-0.15, -0.1) is 0 Å². The van der Waals surface area contributed by atoms with E-state index in [1.807, 2.05) is 24.1 Å². The maximum absolute atomic E-state index is 12.6. The summed E-state index contributed by atoms with van der Waals surface area (Å²) in [5.41, 5.74) is 1.79. The fourth-order valence-corrected chi connectivity index (χ4v) is 3.03. The van der Waals surface area contributed by atoms with Crippen molar-refractivity contribution in [3.05, 3.63) is 24.0 Å². The first-order valence-corrected chi connectivity index (χ1v) is 7.85. The summed E-state index contributed by atoms with van der Waals surface area (Å²) < 4.78 is 0. The molecule has 1 unspecified atom stereocenters. The molecule has 0 bridgehead atoms. The minimum atomic E-state index is 0.0571. The highest BCUT2D eigenvalue weighted by molar-refractivity contribution is 5.93. The predicted molar refractivity (Wildman–Crippen MR) is 86.5 cm³/mol. The highest BCUT2D eigenvalue weighted by Gasteiger charge is 2.29. The van der Waals surface area contributed by atoms with Crippen LogP contribution in [0, 0.1) is 11.3 Å². The molecule has 0 aromatic carbocycles. The van der Waals surface area contributed by atoms with Gasteiger partial charge in [0.1, 0.15) is 5.69 Å². The summed E-state index contributed by atoms with van der Waals surface area (Å²) in [5.74, 6) is 0.744. The molecule has 1 saturated heterocycles. The van der Waals surface area contributed by atoms with Crippen molar-refractivity contribution in [2.75, 3.05) is 25.5 Å². The second-order valence-electron chi connectivity index (χ2n) is 6.97. The molecule has 0 aliphatic carbocycles. The molecular weight excluding hydrogens is 262 g/mol. The van der Waals surface area contributed by atoms with Crippen molar-refractivity contribution in [3.8, 4) is 0 Å². The maximum atomic E-state index is 12.6. The first kappa shape index (κ1) is 15.8. The van der Waals surface area contributed by atoms with Gasteiger partial charge in [-0.2, -0.15) is 0 Å². The minimum Gasteiger partial charge on any atom is -0.388 e. The van der Waals surface area contributed by atoms with Crippen LogP contribution in [0.15, 0.2) is 18.3 Å². The van der Waals surface area contributed by atoms with Crippen LogP contribution < -0.4 is 5.32 Å². The molecule has 0 spiro atoms. The van der Waals surface area contributed by atoms with Gasteiger partial charge >= 0.3 is 0 Å². The number of hydrogen-bond donors (Lipinski definition) is 1. The van der Waals surface area contributed by atoms with Crippen molar-refractivity contribution >= 4 is 11.6 Å². The van der Waals surface area contributed by atoms with Crippen molar-refractivity contribution in [2.24, 2.45) is 11.3 Å². The summed E-state index contributed by atoms with van der Waals surface area (Å²) in [5, 5.41) is 3.05. The number of amides is 1. The molecule has 0 radical (unpaired) electrons. The van der Waals surface area contributed by atoms with Crippen molar-refractivity contribution in [1.82, 2.24) is 9.88 Å². The Labute approximate surface area is 127 Å². The Morgan fingerprint density at radius 2 is 2.10 bits per heavy atom. The van der Waals surface area contributed by atoms with Crippen molar-refractivity contribution < 1.29 is 4.79 Å². The van der Waals surface area contributed by atoms with Crippen LogP contribution in [0.1, 0.15) is 50.5 Å². The molecule has 1 fully saturated rings. The monoisotopic (exact) mass is 289 g/mol. The summed E-state index contributed by atoms with van der Waals surface area (Å²) in [7, 11) is 1.85. The molecule has 0 saturated carbocycles. The number of rotatable bonds is 2. The number of anilines is 1. The molecule has 2 rings (SSSR count). The molecule has 2 heterocycles. The molecule has 1 aliphatic rings. The van der Waals surface area contributed by atoms with Gasteiger partial charge in [-0.1, -0.05) is 20.8 Å². The quantitative estimate of drug-likeness (QED) is 0.907. The highest BCUT2D eigenvalue weighted by atomic mass is 16.2. The average Bonchev–Trinajstić information content (AvgIpc) is 2.72. The fraction of sp³-hybridized carbons (Fsp3) is 0.647. The normalized spacial score (nSPS) is 20.0. The van der Waals surface area contributed by atoms with Gasteiger partial charge in [0.05, 0.1) is 0 Å². The van der Waals surface area contributed by atoms with Gasteiger partial charge < -0.3 is 10.2 Å². The van der Waals surface area contributed by atoms with Crippen molar-refractivity contribution in [1.29, 1.82) is 0 Å². The van der Waals surface area contributed by atoms with E-state index in [1.54, 1.807) is 6.20 Å². The highest BCUT2D eigenvalue weighted by Crippen LogP contribution is 2.34. The summed E-state index contributed by atoms with van der Waals surface area (Å²) in [6.45, 7) is 8.58. The van der Waals surface area contributed by atoms with E-state index in [0.717, 1.165) is 31.6 Å². The van der Waals surface area contributed by atoms with Crippen LogP contribution in [0.25, 0.3) is 0 Å². The maximum Gasteiger partial charge on any atom is 0.272 e. The van der Waals surface area contributed by atoms with Gasteiger partial charge in [-0.3, -0.25) is 9.78 Å². The van der Waals surface area contributed by atoms with Crippen molar-refractivity contribution in [2.45, 2.75) is 40.0 Å². The third-order valence-corrected chi connectivity index (χ3v) is 4.51. The number of nitrogens with zero attached hydrogens (tertiary/aromatic N) is 2. The lowest BCUT2D eigenvalue weighted by molar-refractivity contribution is 0.0750. The number of nitrogens with one attached hydrogen (secondary N) is 1. The van der Waals surface area contributed by atoms with E-state index in [0.29, 0.717) is 17.0 Å². The molecule has 1 atom stereocenters. The van der Waals surface area contributed by atoms with Gasteiger partial charge in [0, 0.05) is 32.0 Å². The fourth-order valence-electron chi connectivity index (χ4n) is 3.03. The SMILES string of the molecule is CNc1ccnc(C(=O)N2CCCC(C(C)(C)C)CC2)c1. The van der Waals surface area contributed by atoms with Gasteiger partial charge in [-0.25, -0.2) is 0 Å². The van der Waals surface area contributed by atoms with E-state index >= 15 is 0 Å². The molecule has 21 heavy (non-hydrogen) atoms. The Bertz CT molecular complexity index is 493. The molecule has 1 aromatic rings. The topological polar surface area (TPSA) is 45.2 Å². The number of aromatic nitrogens is 1. The van der Waals surface area contributed by atoms with Crippen LogP contribution in [0.4, 0.5) is 5.69 Å². The number of carbonyl (C=O) groups excluding carboxylic acids is 1. The number of carbonyl (C=O) groups is 1. The third kappa shape index (κ3) is 3.96. The summed E-state index contributed by atoms with van der Waals surface area (Å²) >= 11 is 0. The second kappa shape index (κ2) is 6.46. The number of hydrogen-bond acceptors (Lipinski definition) is 3. The Balaban J connectivity index is 2.06. The predicted octanol–water partition coefficient (Wildman–Crippen LogP) is 3.41. The van der Waals surface area contributed by atoms with E-state index in [2.05, 4.69) is 31.1 Å². The second-order valence-corrected chi connectivity index (χ2v) is 6.97. The first-order valence-electron chi connectivity index (χ1n) is 7.85. The Kier molecular flexibility index (Phi) is 4.86. The van der Waals surface area contributed by atoms with Crippen LogP contribution in [0.5, 0.6) is 0 Å². The molecule has 4 heteroatoms. The first-order chi connectivity index (χ1) is 9.91. The summed E-state index contributed by atoms with van der Waals surface area (Å²) in [6.07, 6.45) is 5.06. The molecule has 116 valence electrons. The summed E-state index contributed by atoms with van der Waals surface area (Å²) in [6, 6.07) is 3.70. The van der Waals surface area contributed by atoms with Crippen LogP contribution in [0.3, 0.4) is 0 Å². The van der Waals surface area contributed by atoms with Crippen LogP contribution in [0.2, 0.25) is 0 Å². The number of likely N-dealkylation sites (tertiary alicyclic amines) is 1. The molecule has 4 nitrogen and oxygen atoms in total. The molecular formula is C17H27N3O. The van der Waals surface area contributed by atoms with Gasteiger partial charge in [0.2, 0.25) is 0 Å². The zero-order valence-corrected chi connectivity index (χ0v) is 13.6. The standard InChI is InChI=1S/C17H27N3O/c1-17(2,3)13-6-5-10-20(11-8-13)16(21)15-12-14(18-4)7-9-19-15/h7,9,12-13H,5-6,8,10-11H2,1-4H3,(H,18,19). The van der Waals surface area contributed by atoms with E-state index < -0.39 is 0 Å². The van der Waals surface area contributed by atoms with Gasteiger partial charge in [-0.05, 0) is 42.7 Å². The zero-order valence-electron chi connectivity index (χ0n) is 13.6.